The molecule has 4 aromatic carbocycles. The zero-order chi connectivity index (χ0) is 26.7. The number of hydrogen-bond acceptors (Lipinski definition) is 4. The molecule has 1 aliphatic heterocycles. The Morgan fingerprint density at radius 3 is 1.30 bits per heavy atom. The maximum Gasteiger partial charge on any atom is 0.252 e. The zero-order valence-electron chi connectivity index (χ0n) is 21.8. The molecule has 7 nitrogen and oxygen atoms in total. The van der Waals surface area contributed by atoms with Crippen molar-refractivity contribution in [2.45, 2.75) is 0 Å². The van der Waals surface area contributed by atoms with E-state index in [0.29, 0.717) is 33.9 Å². The van der Waals surface area contributed by atoms with Crippen LogP contribution in [0.25, 0.3) is 45.3 Å². The van der Waals surface area contributed by atoms with E-state index in [0.717, 1.165) is 23.0 Å². The Kier molecular flexibility index (Phi) is 6.21. The molecule has 0 unspecified atom stereocenters. The molecule has 0 saturated heterocycles. The van der Waals surface area contributed by atoms with Crippen LogP contribution in [0.1, 0.15) is 0 Å². The molecule has 0 saturated carbocycles. The smallest absolute Gasteiger partial charge is 0.252 e. The van der Waals surface area contributed by atoms with Crippen LogP contribution in [0.2, 0.25) is 0 Å². The van der Waals surface area contributed by atoms with Crippen LogP contribution in [0.3, 0.4) is 0 Å². The number of hydrogen-bond donors (Lipinski definition) is 2. The van der Waals surface area contributed by atoms with E-state index in [1.54, 1.807) is 0 Å². The van der Waals surface area contributed by atoms with Gasteiger partial charge in [-0.2, -0.15) is 9.97 Å². The summed E-state index contributed by atoms with van der Waals surface area (Å²) in [5, 5.41) is 23.2. The van der Waals surface area contributed by atoms with Gasteiger partial charge in [-0.25, -0.2) is 4.48 Å². The normalized spacial score (nSPS) is 12.9. The molecule has 200 valence electrons. The van der Waals surface area contributed by atoms with Gasteiger partial charge >= 0.3 is 0 Å². The standard InChI is InChI=1S/C32H25N5O2.Pt/c1-37(2)27-19-35(21-11-5-3-6-12-21)31(33-27)25-17-9-15-23(29(25)38)24-16-10-18-26(30(24)39)32-34-28(37)20-36(32)22-13-7-4-8-14-22;/h3-20H,1-2H3,(H-,33,34,38,39);/p+1. The fraction of sp³-hybridized carbons (Fsp3) is 0.0625. The summed E-state index contributed by atoms with van der Waals surface area (Å²) >= 11 is 0. The van der Waals surface area contributed by atoms with Gasteiger partial charge in [0.1, 0.15) is 11.5 Å². The van der Waals surface area contributed by atoms with Gasteiger partial charge in [0, 0.05) is 43.6 Å². The molecule has 1 aliphatic rings. The first kappa shape index (κ1) is 25.8. The molecule has 0 radical (unpaired) electrons. The number of imidazole rings is 2. The van der Waals surface area contributed by atoms with Crippen molar-refractivity contribution < 1.29 is 31.3 Å². The fourth-order valence-corrected chi connectivity index (χ4v) is 5.23. The van der Waals surface area contributed by atoms with Crippen LogP contribution in [-0.4, -0.2) is 43.4 Å². The maximum absolute atomic E-state index is 11.6. The van der Waals surface area contributed by atoms with Gasteiger partial charge in [0.25, 0.3) is 11.6 Å². The van der Waals surface area contributed by atoms with E-state index in [9.17, 15) is 10.2 Å². The Morgan fingerprint density at radius 1 is 0.525 bits per heavy atom. The summed E-state index contributed by atoms with van der Waals surface area (Å²) in [7, 11) is 4.07. The Morgan fingerprint density at radius 2 is 0.900 bits per heavy atom. The molecule has 0 amide bonds. The predicted molar refractivity (Wildman–Crippen MR) is 154 cm³/mol. The SMILES string of the molecule is C[N+]1(C)c2cn(-c3ccccc3)c(n2)-c2cccc(c2O)-c2cccc(c2O)-c2nc1cn2-c1ccccc1.[Pt]. The third kappa shape index (κ3) is 3.89. The molecule has 8 bridgehead atoms. The van der Waals surface area contributed by atoms with Crippen LogP contribution in [0.4, 0.5) is 11.6 Å². The van der Waals surface area contributed by atoms with E-state index in [2.05, 4.69) is 0 Å². The molecule has 2 aromatic heterocycles. The van der Waals surface area contributed by atoms with Gasteiger partial charge in [0.15, 0.2) is 11.6 Å². The number of quaternary nitrogens is 1. The molecule has 8 heteroatoms. The second-order valence-corrected chi connectivity index (χ2v) is 10.1. The first-order valence-electron chi connectivity index (χ1n) is 12.7. The summed E-state index contributed by atoms with van der Waals surface area (Å²) in [6.07, 6.45) is 4.00. The average Bonchev–Trinajstić information content (AvgIpc) is 3.61. The van der Waals surface area contributed by atoms with E-state index in [4.69, 9.17) is 9.97 Å². The molecule has 0 spiro atoms. The van der Waals surface area contributed by atoms with E-state index >= 15 is 0 Å². The van der Waals surface area contributed by atoms with Crippen molar-refractivity contribution in [3.05, 3.63) is 109 Å². The fourth-order valence-electron chi connectivity index (χ4n) is 5.23. The second-order valence-electron chi connectivity index (χ2n) is 10.1. The average molecular weight is 708 g/mol. The molecule has 0 fully saturated rings. The predicted octanol–water partition coefficient (Wildman–Crippen LogP) is 6.68. The van der Waals surface area contributed by atoms with Gasteiger partial charge in [-0.05, 0) is 36.4 Å². The number of benzene rings is 4. The number of fused-ring (bicyclic) bond motifs is 11. The van der Waals surface area contributed by atoms with Crippen LogP contribution >= 0.6 is 0 Å². The number of phenolic OH excluding ortho intramolecular Hbond substituents is 2. The molecule has 7 rings (SSSR count). The molecule has 6 aromatic rings. The Hall–Kier alpha value is -4.45. The number of aromatic nitrogens is 4. The molecule has 3 heterocycles. The van der Waals surface area contributed by atoms with Gasteiger partial charge in [-0.1, -0.05) is 60.7 Å². The minimum absolute atomic E-state index is 0. The van der Waals surface area contributed by atoms with E-state index in [1.165, 1.54) is 0 Å². The number of aromatic hydroxyl groups is 2. The Bertz CT molecular complexity index is 1720. The van der Waals surface area contributed by atoms with E-state index in [1.807, 2.05) is 133 Å². The minimum atomic E-state index is 0. The molecular formula is C32H26N5O2Pt+. The van der Waals surface area contributed by atoms with Crippen LogP contribution in [-0.2, 0) is 21.1 Å². The quantitative estimate of drug-likeness (QED) is 0.197. The van der Waals surface area contributed by atoms with Crippen LogP contribution in [0, 0.1) is 0 Å². The molecule has 40 heavy (non-hydrogen) atoms. The zero-order valence-corrected chi connectivity index (χ0v) is 24.1. The van der Waals surface area contributed by atoms with Crippen LogP contribution in [0.5, 0.6) is 11.5 Å². The maximum atomic E-state index is 11.6. The third-order valence-corrected chi connectivity index (χ3v) is 7.44. The number of rotatable bonds is 2. The van der Waals surface area contributed by atoms with Crippen molar-refractivity contribution in [2.75, 3.05) is 14.1 Å². The summed E-state index contributed by atoms with van der Waals surface area (Å²) in [6.45, 7) is 0. The minimum Gasteiger partial charge on any atom is -0.507 e. The largest absolute Gasteiger partial charge is 0.507 e. The first-order valence-corrected chi connectivity index (χ1v) is 12.7. The van der Waals surface area contributed by atoms with Crippen molar-refractivity contribution in [3.8, 4) is 56.8 Å². The molecule has 2 N–H and O–H groups in total. The van der Waals surface area contributed by atoms with Crippen LogP contribution in [0.15, 0.2) is 109 Å². The van der Waals surface area contributed by atoms with Crippen molar-refractivity contribution in [3.63, 3.8) is 0 Å². The van der Waals surface area contributed by atoms with Crippen molar-refractivity contribution in [1.82, 2.24) is 23.6 Å². The van der Waals surface area contributed by atoms with Gasteiger partial charge in [-0.15, -0.1) is 0 Å². The van der Waals surface area contributed by atoms with E-state index in [-0.39, 0.29) is 37.0 Å². The Labute approximate surface area is 246 Å². The summed E-state index contributed by atoms with van der Waals surface area (Å²) < 4.78 is 4.22. The third-order valence-electron chi connectivity index (χ3n) is 7.44. The monoisotopic (exact) mass is 707 g/mol. The molecule has 0 aliphatic carbocycles. The Balaban J connectivity index is 0.00000289. The number of nitrogens with zero attached hydrogens (tertiary/aromatic N) is 5. The topological polar surface area (TPSA) is 76.1 Å². The van der Waals surface area contributed by atoms with E-state index < -0.39 is 0 Å². The van der Waals surface area contributed by atoms with Gasteiger partial charge in [0.2, 0.25) is 0 Å². The van der Waals surface area contributed by atoms with Crippen molar-refractivity contribution in [2.24, 2.45) is 0 Å². The van der Waals surface area contributed by atoms with Crippen LogP contribution < -0.4 is 4.48 Å². The summed E-state index contributed by atoms with van der Waals surface area (Å²) in [4.78, 5) is 10.2. The molecule has 0 atom stereocenters. The number of phenols is 2. The van der Waals surface area contributed by atoms with Gasteiger partial charge < -0.3 is 10.2 Å². The van der Waals surface area contributed by atoms with Crippen molar-refractivity contribution >= 4 is 11.6 Å². The van der Waals surface area contributed by atoms with Crippen molar-refractivity contribution in [1.29, 1.82) is 0 Å². The second kappa shape index (κ2) is 9.63. The summed E-state index contributed by atoms with van der Waals surface area (Å²) in [5.41, 5.74) is 4.01. The summed E-state index contributed by atoms with van der Waals surface area (Å²) in [6, 6.07) is 31.0. The van der Waals surface area contributed by atoms with Gasteiger partial charge in [0.05, 0.1) is 37.6 Å². The molecular weight excluding hydrogens is 681 g/mol. The van der Waals surface area contributed by atoms with Gasteiger partial charge in [-0.3, -0.25) is 9.13 Å². The number of para-hydroxylation sites is 4. The first-order chi connectivity index (χ1) is 18.9. The summed E-state index contributed by atoms with van der Waals surface area (Å²) in [5.74, 6) is 2.79.